The van der Waals surface area contributed by atoms with Gasteiger partial charge in [0.05, 0.1) is 4.47 Å². The number of hydrogen-bond donors (Lipinski definition) is 0. The molecular weight excluding hydrogens is 302 g/mol. The lowest BCUT2D eigenvalue weighted by atomic mass is 9.97. The third kappa shape index (κ3) is 3.16. The highest BCUT2D eigenvalue weighted by Gasteiger charge is 2.21. The molecular formula is C14H15BrF2O. The first-order chi connectivity index (χ1) is 8.58. The van der Waals surface area contributed by atoms with E-state index in [1.807, 2.05) is 0 Å². The first-order valence-corrected chi connectivity index (χ1v) is 7.01. The van der Waals surface area contributed by atoms with E-state index < -0.39 is 11.6 Å². The van der Waals surface area contributed by atoms with Gasteiger partial charge in [0, 0.05) is 18.4 Å². The van der Waals surface area contributed by atoms with E-state index in [2.05, 4.69) is 15.9 Å². The zero-order valence-electron chi connectivity index (χ0n) is 10.0. The van der Waals surface area contributed by atoms with Crippen LogP contribution in [0.2, 0.25) is 0 Å². The standard InChI is InChI=1S/C14H15BrF2O/c15-12-5-6-13(16)11(14(12)17)8-10(18)7-9-3-1-2-4-9/h5-6,9H,1-4,7-8H2. The molecule has 0 aromatic heterocycles. The van der Waals surface area contributed by atoms with Gasteiger partial charge in [-0.05, 0) is 34.0 Å². The number of carbonyl (C=O) groups is 1. The predicted octanol–water partition coefficient (Wildman–Crippen LogP) is 4.42. The van der Waals surface area contributed by atoms with Crippen molar-refractivity contribution in [3.8, 4) is 0 Å². The van der Waals surface area contributed by atoms with Crippen LogP contribution in [0.3, 0.4) is 0 Å². The van der Waals surface area contributed by atoms with Crippen molar-refractivity contribution < 1.29 is 13.6 Å². The molecule has 0 heterocycles. The summed E-state index contributed by atoms with van der Waals surface area (Å²) in [6, 6.07) is 2.50. The Hall–Kier alpha value is -0.770. The lowest BCUT2D eigenvalue weighted by Crippen LogP contribution is -2.11. The van der Waals surface area contributed by atoms with Crippen molar-refractivity contribution in [1.29, 1.82) is 0 Å². The van der Waals surface area contributed by atoms with E-state index >= 15 is 0 Å². The van der Waals surface area contributed by atoms with Gasteiger partial charge in [-0.2, -0.15) is 0 Å². The summed E-state index contributed by atoms with van der Waals surface area (Å²) >= 11 is 3.01. The Bertz CT molecular complexity index is 453. The van der Waals surface area contributed by atoms with Crippen molar-refractivity contribution in [2.75, 3.05) is 0 Å². The number of Topliss-reactive ketones (excluding diaryl/α,β-unsaturated/α-hetero) is 1. The molecule has 1 aromatic rings. The lowest BCUT2D eigenvalue weighted by Gasteiger charge is -2.09. The maximum absolute atomic E-state index is 13.7. The first kappa shape index (κ1) is 13.7. The number of carbonyl (C=O) groups excluding carboxylic acids is 1. The van der Waals surface area contributed by atoms with E-state index in [1.54, 1.807) is 0 Å². The molecule has 1 nitrogen and oxygen atoms in total. The lowest BCUT2D eigenvalue weighted by molar-refractivity contribution is -0.119. The van der Waals surface area contributed by atoms with E-state index in [-0.39, 0.29) is 22.2 Å². The summed E-state index contributed by atoms with van der Waals surface area (Å²) in [4.78, 5) is 11.8. The molecule has 0 radical (unpaired) electrons. The van der Waals surface area contributed by atoms with Crippen LogP contribution in [0.5, 0.6) is 0 Å². The number of rotatable bonds is 4. The summed E-state index contributed by atoms with van der Waals surface area (Å²) in [6.45, 7) is 0. The molecule has 4 heteroatoms. The van der Waals surface area contributed by atoms with Crippen molar-refractivity contribution in [3.63, 3.8) is 0 Å². The molecule has 2 rings (SSSR count). The maximum atomic E-state index is 13.7. The molecule has 0 unspecified atom stereocenters. The normalized spacial score (nSPS) is 16.2. The van der Waals surface area contributed by atoms with Crippen molar-refractivity contribution in [3.05, 3.63) is 33.8 Å². The molecule has 98 valence electrons. The van der Waals surface area contributed by atoms with Crippen molar-refractivity contribution in [2.24, 2.45) is 5.92 Å². The number of halogens is 3. The Morgan fingerprint density at radius 1 is 1.28 bits per heavy atom. The molecule has 0 spiro atoms. The van der Waals surface area contributed by atoms with E-state index in [0.717, 1.165) is 25.7 Å². The third-order valence-electron chi connectivity index (χ3n) is 3.50. The topological polar surface area (TPSA) is 17.1 Å². The van der Waals surface area contributed by atoms with E-state index in [0.29, 0.717) is 12.3 Å². The molecule has 0 aliphatic heterocycles. The van der Waals surface area contributed by atoms with Gasteiger partial charge in [-0.15, -0.1) is 0 Å². The van der Waals surface area contributed by atoms with E-state index in [9.17, 15) is 13.6 Å². The molecule has 0 N–H and O–H groups in total. The molecule has 0 amide bonds. The van der Waals surface area contributed by atoms with Crippen LogP contribution in [-0.2, 0) is 11.2 Å². The van der Waals surface area contributed by atoms with Gasteiger partial charge in [0.15, 0.2) is 0 Å². The summed E-state index contributed by atoms with van der Waals surface area (Å²) in [7, 11) is 0. The predicted molar refractivity (Wildman–Crippen MR) is 69.3 cm³/mol. The molecule has 0 saturated heterocycles. The van der Waals surface area contributed by atoms with Crippen LogP contribution in [0.15, 0.2) is 16.6 Å². The van der Waals surface area contributed by atoms with Crippen LogP contribution in [0.25, 0.3) is 0 Å². The van der Waals surface area contributed by atoms with Gasteiger partial charge in [-0.1, -0.05) is 25.7 Å². The Kier molecular flexibility index (Phi) is 4.49. The van der Waals surface area contributed by atoms with Gasteiger partial charge >= 0.3 is 0 Å². The second-order valence-corrected chi connectivity index (χ2v) is 5.75. The summed E-state index contributed by atoms with van der Waals surface area (Å²) < 4.78 is 27.4. The van der Waals surface area contributed by atoms with E-state index in [1.165, 1.54) is 12.1 Å². The van der Waals surface area contributed by atoms with Gasteiger partial charge in [-0.3, -0.25) is 4.79 Å². The average Bonchev–Trinajstić information content (AvgIpc) is 2.82. The van der Waals surface area contributed by atoms with Gasteiger partial charge < -0.3 is 0 Å². The molecule has 0 atom stereocenters. The van der Waals surface area contributed by atoms with Crippen LogP contribution in [0, 0.1) is 17.6 Å². The summed E-state index contributed by atoms with van der Waals surface area (Å²) in [5, 5.41) is 0. The molecule has 18 heavy (non-hydrogen) atoms. The van der Waals surface area contributed by atoms with Gasteiger partial charge in [0.25, 0.3) is 0 Å². The minimum absolute atomic E-state index is 0.0715. The average molecular weight is 317 g/mol. The maximum Gasteiger partial charge on any atom is 0.143 e. The van der Waals surface area contributed by atoms with Gasteiger partial charge in [-0.25, -0.2) is 8.78 Å². The summed E-state index contributed by atoms with van der Waals surface area (Å²) in [5.41, 5.74) is -0.118. The minimum Gasteiger partial charge on any atom is -0.299 e. The van der Waals surface area contributed by atoms with Crippen LogP contribution in [0.1, 0.15) is 37.7 Å². The quantitative estimate of drug-likeness (QED) is 0.751. The second kappa shape index (κ2) is 5.91. The SMILES string of the molecule is O=C(Cc1c(F)ccc(Br)c1F)CC1CCCC1. The molecule has 1 aliphatic rings. The molecule has 0 bridgehead atoms. The Labute approximate surface area is 114 Å². The fraction of sp³-hybridized carbons (Fsp3) is 0.500. The van der Waals surface area contributed by atoms with Gasteiger partial charge in [0.2, 0.25) is 0 Å². The van der Waals surface area contributed by atoms with Crippen molar-refractivity contribution in [1.82, 2.24) is 0 Å². The Morgan fingerprint density at radius 2 is 1.94 bits per heavy atom. The van der Waals surface area contributed by atoms with Crippen LogP contribution >= 0.6 is 15.9 Å². The molecule has 1 aliphatic carbocycles. The highest BCUT2D eigenvalue weighted by Crippen LogP contribution is 2.29. The highest BCUT2D eigenvalue weighted by atomic mass is 79.9. The Balaban J connectivity index is 2.04. The fourth-order valence-electron chi connectivity index (χ4n) is 2.54. The smallest absolute Gasteiger partial charge is 0.143 e. The van der Waals surface area contributed by atoms with Crippen molar-refractivity contribution in [2.45, 2.75) is 38.5 Å². The van der Waals surface area contributed by atoms with E-state index in [4.69, 9.17) is 0 Å². The first-order valence-electron chi connectivity index (χ1n) is 6.22. The molecule has 1 aromatic carbocycles. The third-order valence-corrected chi connectivity index (χ3v) is 4.12. The number of benzene rings is 1. The Morgan fingerprint density at radius 3 is 2.61 bits per heavy atom. The molecule has 1 fully saturated rings. The second-order valence-electron chi connectivity index (χ2n) is 4.89. The van der Waals surface area contributed by atoms with Crippen LogP contribution < -0.4 is 0 Å². The monoisotopic (exact) mass is 316 g/mol. The van der Waals surface area contributed by atoms with Crippen molar-refractivity contribution >= 4 is 21.7 Å². The zero-order chi connectivity index (χ0) is 13.1. The summed E-state index contributed by atoms with van der Waals surface area (Å²) in [5.74, 6) is -0.959. The number of hydrogen-bond acceptors (Lipinski definition) is 1. The van der Waals surface area contributed by atoms with Crippen LogP contribution in [0.4, 0.5) is 8.78 Å². The highest BCUT2D eigenvalue weighted by molar-refractivity contribution is 9.10. The fourth-order valence-corrected chi connectivity index (χ4v) is 2.91. The largest absolute Gasteiger partial charge is 0.299 e. The molecule has 1 saturated carbocycles. The number of ketones is 1. The van der Waals surface area contributed by atoms with Gasteiger partial charge in [0.1, 0.15) is 17.4 Å². The zero-order valence-corrected chi connectivity index (χ0v) is 11.6. The summed E-state index contributed by atoms with van der Waals surface area (Å²) in [6.07, 6.45) is 4.76. The van der Waals surface area contributed by atoms with Crippen LogP contribution in [-0.4, -0.2) is 5.78 Å². The minimum atomic E-state index is -0.658.